The second-order valence-corrected chi connectivity index (χ2v) is 4.21. The molecule has 19 heavy (non-hydrogen) atoms. The number of para-hydroxylation sites is 1. The molecule has 1 aromatic rings. The van der Waals surface area contributed by atoms with E-state index in [9.17, 15) is 14.0 Å². The van der Waals surface area contributed by atoms with Gasteiger partial charge in [-0.25, -0.2) is 9.18 Å². The molecule has 1 aromatic carbocycles. The first-order chi connectivity index (χ1) is 8.85. The lowest BCUT2D eigenvalue weighted by Crippen LogP contribution is -2.41. The van der Waals surface area contributed by atoms with E-state index in [4.69, 9.17) is 9.84 Å². The van der Waals surface area contributed by atoms with Gasteiger partial charge in [0, 0.05) is 7.11 Å². The number of carbonyl (C=O) groups excluding carboxylic acids is 1. The van der Waals surface area contributed by atoms with Gasteiger partial charge in [-0.05, 0) is 25.5 Å². The summed E-state index contributed by atoms with van der Waals surface area (Å²) in [6, 6.07) is 3.57. The van der Waals surface area contributed by atoms with Crippen LogP contribution in [0.3, 0.4) is 0 Å². The number of carbonyl (C=O) groups is 2. The maximum absolute atomic E-state index is 13.6. The number of halogens is 1. The summed E-state index contributed by atoms with van der Waals surface area (Å²) in [7, 11) is 1.36. The standard InChI is InChI=1S/C13H16FNO4/c1-4-13(2,19-3)12(18)15-10-8(11(16)17)6-5-7-9(10)14/h5-7H,4H2,1-3H3,(H,15,18)(H,16,17). The lowest BCUT2D eigenvalue weighted by atomic mass is 10.0. The molecule has 0 aromatic heterocycles. The van der Waals surface area contributed by atoms with Crippen molar-refractivity contribution in [3.8, 4) is 0 Å². The van der Waals surface area contributed by atoms with Crippen LogP contribution in [0.25, 0.3) is 0 Å². The van der Waals surface area contributed by atoms with E-state index in [1.165, 1.54) is 19.2 Å². The van der Waals surface area contributed by atoms with Gasteiger partial charge in [0.25, 0.3) is 5.91 Å². The number of hydrogen-bond donors (Lipinski definition) is 2. The maximum atomic E-state index is 13.6. The van der Waals surface area contributed by atoms with E-state index >= 15 is 0 Å². The number of aromatic carboxylic acids is 1. The Labute approximate surface area is 110 Å². The SMILES string of the molecule is CCC(C)(OC)C(=O)Nc1c(F)cccc1C(=O)O. The predicted molar refractivity (Wildman–Crippen MR) is 67.7 cm³/mol. The summed E-state index contributed by atoms with van der Waals surface area (Å²) < 4.78 is 18.7. The Kier molecular flexibility index (Phi) is 4.61. The largest absolute Gasteiger partial charge is 0.478 e. The van der Waals surface area contributed by atoms with E-state index < -0.39 is 23.3 Å². The third-order valence-corrected chi connectivity index (χ3v) is 3.09. The lowest BCUT2D eigenvalue weighted by Gasteiger charge is -2.25. The molecule has 0 spiro atoms. The molecule has 0 saturated carbocycles. The number of ether oxygens (including phenoxy) is 1. The number of anilines is 1. The van der Waals surface area contributed by atoms with Crippen LogP contribution in [0.15, 0.2) is 18.2 Å². The Morgan fingerprint density at radius 2 is 2.11 bits per heavy atom. The van der Waals surface area contributed by atoms with Crippen LogP contribution in [0.1, 0.15) is 30.6 Å². The third kappa shape index (κ3) is 3.08. The minimum absolute atomic E-state index is 0.303. The van der Waals surface area contributed by atoms with Gasteiger partial charge in [0.05, 0.1) is 11.3 Å². The number of hydrogen-bond acceptors (Lipinski definition) is 3. The molecule has 0 bridgehead atoms. The molecule has 6 heteroatoms. The van der Waals surface area contributed by atoms with Crippen molar-refractivity contribution in [1.82, 2.24) is 0 Å². The highest BCUT2D eigenvalue weighted by Gasteiger charge is 2.32. The molecule has 0 radical (unpaired) electrons. The minimum atomic E-state index is -1.31. The van der Waals surface area contributed by atoms with E-state index in [1.54, 1.807) is 13.8 Å². The monoisotopic (exact) mass is 269 g/mol. The second kappa shape index (κ2) is 5.79. The fourth-order valence-corrected chi connectivity index (χ4v) is 1.47. The highest BCUT2D eigenvalue weighted by Crippen LogP contribution is 2.23. The maximum Gasteiger partial charge on any atom is 0.337 e. The smallest absolute Gasteiger partial charge is 0.337 e. The number of benzene rings is 1. The summed E-state index contributed by atoms with van der Waals surface area (Å²) in [6.45, 7) is 3.28. The third-order valence-electron chi connectivity index (χ3n) is 3.09. The fourth-order valence-electron chi connectivity index (χ4n) is 1.47. The molecule has 2 N–H and O–H groups in total. The van der Waals surface area contributed by atoms with E-state index in [2.05, 4.69) is 5.32 Å². The summed E-state index contributed by atoms with van der Waals surface area (Å²) in [6.07, 6.45) is 0.367. The number of methoxy groups -OCH3 is 1. The average molecular weight is 269 g/mol. The van der Waals surface area contributed by atoms with Gasteiger partial charge in [-0.3, -0.25) is 4.79 Å². The zero-order valence-corrected chi connectivity index (χ0v) is 11.0. The Balaban J connectivity index is 3.13. The van der Waals surface area contributed by atoms with Gasteiger partial charge >= 0.3 is 5.97 Å². The van der Waals surface area contributed by atoms with E-state index in [-0.39, 0.29) is 11.3 Å². The van der Waals surface area contributed by atoms with Gasteiger partial charge in [0.15, 0.2) is 0 Å². The van der Waals surface area contributed by atoms with E-state index in [0.717, 1.165) is 6.07 Å². The highest BCUT2D eigenvalue weighted by molar-refractivity contribution is 6.03. The van der Waals surface area contributed by atoms with Crippen molar-refractivity contribution in [3.63, 3.8) is 0 Å². The summed E-state index contributed by atoms with van der Waals surface area (Å²) in [5, 5.41) is 11.3. The molecule has 5 nitrogen and oxygen atoms in total. The zero-order chi connectivity index (χ0) is 14.6. The first-order valence-electron chi connectivity index (χ1n) is 5.74. The zero-order valence-electron chi connectivity index (χ0n) is 11.0. The average Bonchev–Trinajstić information content (AvgIpc) is 2.39. The number of carboxylic acid groups (broad SMARTS) is 1. The molecule has 104 valence electrons. The molecule has 0 aliphatic rings. The molecule has 0 aliphatic heterocycles. The van der Waals surface area contributed by atoms with Crippen LogP contribution in [-0.2, 0) is 9.53 Å². The first-order valence-corrected chi connectivity index (χ1v) is 5.74. The predicted octanol–water partition coefficient (Wildman–Crippen LogP) is 2.28. The van der Waals surface area contributed by atoms with Crippen molar-refractivity contribution in [2.75, 3.05) is 12.4 Å². The minimum Gasteiger partial charge on any atom is -0.478 e. The summed E-state index contributed by atoms with van der Waals surface area (Å²) >= 11 is 0. The van der Waals surface area contributed by atoms with Crippen LogP contribution in [0, 0.1) is 5.82 Å². The Hall–Kier alpha value is -1.95. The van der Waals surface area contributed by atoms with Crippen LogP contribution in [0.5, 0.6) is 0 Å². The van der Waals surface area contributed by atoms with Gasteiger partial charge in [-0.1, -0.05) is 13.0 Å². The van der Waals surface area contributed by atoms with Crippen molar-refractivity contribution >= 4 is 17.6 Å². The normalized spacial score (nSPS) is 13.7. The van der Waals surface area contributed by atoms with Crippen molar-refractivity contribution in [2.24, 2.45) is 0 Å². The number of rotatable bonds is 5. The molecule has 0 fully saturated rings. The summed E-state index contributed by atoms with van der Waals surface area (Å²) in [5.41, 5.74) is -1.79. The molecule has 0 saturated heterocycles. The molecule has 1 amide bonds. The van der Waals surface area contributed by atoms with Crippen LogP contribution in [-0.4, -0.2) is 29.7 Å². The van der Waals surface area contributed by atoms with Crippen LogP contribution >= 0.6 is 0 Å². The van der Waals surface area contributed by atoms with Gasteiger partial charge in [-0.15, -0.1) is 0 Å². The molecular formula is C13H16FNO4. The molecular weight excluding hydrogens is 253 g/mol. The van der Waals surface area contributed by atoms with Crippen LogP contribution in [0.4, 0.5) is 10.1 Å². The van der Waals surface area contributed by atoms with E-state index in [1.807, 2.05) is 0 Å². The second-order valence-electron chi connectivity index (χ2n) is 4.21. The van der Waals surface area contributed by atoms with Gasteiger partial charge in [-0.2, -0.15) is 0 Å². The Morgan fingerprint density at radius 1 is 1.47 bits per heavy atom. The van der Waals surface area contributed by atoms with Crippen molar-refractivity contribution in [2.45, 2.75) is 25.9 Å². The van der Waals surface area contributed by atoms with Gasteiger partial charge in [0.2, 0.25) is 0 Å². The van der Waals surface area contributed by atoms with Crippen molar-refractivity contribution in [1.29, 1.82) is 0 Å². The quantitative estimate of drug-likeness (QED) is 0.859. The summed E-state index contributed by atoms with van der Waals surface area (Å²) in [5.74, 6) is -2.71. The van der Waals surface area contributed by atoms with Crippen molar-refractivity contribution in [3.05, 3.63) is 29.6 Å². The number of amides is 1. The molecule has 1 rings (SSSR count). The molecule has 0 aliphatic carbocycles. The Bertz CT molecular complexity index is 497. The first kappa shape index (κ1) is 15.1. The van der Waals surface area contributed by atoms with Crippen LogP contribution < -0.4 is 5.32 Å². The van der Waals surface area contributed by atoms with Crippen molar-refractivity contribution < 1.29 is 23.8 Å². The molecule has 1 atom stereocenters. The highest BCUT2D eigenvalue weighted by atomic mass is 19.1. The molecule has 1 unspecified atom stereocenters. The topological polar surface area (TPSA) is 75.6 Å². The number of nitrogens with one attached hydrogen (secondary N) is 1. The van der Waals surface area contributed by atoms with Crippen LogP contribution in [0.2, 0.25) is 0 Å². The Morgan fingerprint density at radius 3 is 2.58 bits per heavy atom. The van der Waals surface area contributed by atoms with Gasteiger partial charge < -0.3 is 15.2 Å². The fraction of sp³-hybridized carbons (Fsp3) is 0.385. The lowest BCUT2D eigenvalue weighted by molar-refractivity contribution is -0.136. The van der Waals surface area contributed by atoms with Gasteiger partial charge in [0.1, 0.15) is 11.4 Å². The number of carboxylic acids is 1. The van der Waals surface area contributed by atoms with E-state index in [0.29, 0.717) is 6.42 Å². The summed E-state index contributed by atoms with van der Waals surface area (Å²) in [4.78, 5) is 23.0. The molecule has 0 heterocycles.